The minimum Gasteiger partial charge on any atom is -0.493 e. The summed E-state index contributed by atoms with van der Waals surface area (Å²) in [6, 6.07) is 6.90. The quantitative estimate of drug-likeness (QED) is 0.895. The van der Waals surface area contributed by atoms with Crippen LogP contribution in [-0.4, -0.2) is 25.9 Å². The van der Waals surface area contributed by atoms with Gasteiger partial charge in [0.1, 0.15) is 5.75 Å². The van der Waals surface area contributed by atoms with E-state index in [2.05, 4.69) is 30.4 Å². The van der Waals surface area contributed by atoms with Crippen LogP contribution in [0.25, 0.3) is 0 Å². The number of hydrogen-bond acceptors (Lipinski definition) is 3. The first-order valence-corrected chi connectivity index (χ1v) is 7.86. The summed E-state index contributed by atoms with van der Waals surface area (Å²) in [5.41, 5.74) is 2.65. The lowest BCUT2D eigenvalue weighted by molar-refractivity contribution is -0.0610. The van der Waals surface area contributed by atoms with Gasteiger partial charge in [-0.2, -0.15) is 0 Å². The second-order valence-electron chi connectivity index (χ2n) is 5.89. The maximum absolute atomic E-state index is 6.22. The molecule has 0 bridgehead atoms. The number of rotatable bonds is 5. The maximum atomic E-state index is 6.22. The smallest absolute Gasteiger partial charge is 0.122 e. The molecule has 1 N–H and O–H groups in total. The van der Waals surface area contributed by atoms with Crippen molar-refractivity contribution in [1.29, 1.82) is 0 Å². The van der Waals surface area contributed by atoms with Crippen molar-refractivity contribution < 1.29 is 9.47 Å². The zero-order chi connectivity index (χ0) is 14.0. The first kappa shape index (κ1) is 13.9. The Morgan fingerprint density at radius 1 is 1.35 bits per heavy atom. The van der Waals surface area contributed by atoms with Crippen molar-refractivity contribution in [1.82, 2.24) is 5.32 Å². The lowest BCUT2D eigenvalue weighted by Gasteiger charge is -2.37. The van der Waals surface area contributed by atoms with Crippen LogP contribution < -0.4 is 10.1 Å². The van der Waals surface area contributed by atoms with Gasteiger partial charge in [-0.3, -0.25) is 0 Å². The normalized spacial score (nSPS) is 21.5. The predicted octanol–water partition coefficient (Wildman–Crippen LogP) is 3.23. The van der Waals surface area contributed by atoms with Gasteiger partial charge in [0, 0.05) is 13.0 Å². The zero-order valence-corrected chi connectivity index (χ0v) is 12.6. The van der Waals surface area contributed by atoms with E-state index in [1.54, 1.807) is 0 Å². The molecule has 1 unspecified atom stereocenters. The molecule has 1 heterocycles. The molecule has 0 saturated heterocycles. The van der Waals surface area contributed by atoms with Gasteiger partial charge in [-0.15, -0.1) is 0 Å². The molecule has 1 aliphatic carbocycles. The number of benzene rings is 1. The molecule has 1 aliphatic heterocycles. The molecule has 0 spiro atoms. The molecule has 20 heavy (non-hydrogen) atoms. The van der Waals surface area contributed by atoms with Gasteiger partial charge in [0.25, 0.3) is 0 Å². The maximum Gasteiger partial charge on any atom is 0.122 e. The van der Waals surface area contributed by atoms with Gasteiger partial charge in [0.15, 0.2) is 0 Å². The Labute approximate surface area is 121 Å². The fraction of sp³-hybridized carbons (Fsp3) is 0.647. The van der Waals surface area contributed by atoms with Gasteiger partial charge in [-0.05, 0) is 44.0 Å². The molecule has 1 fully saturated rings. The molecular weight excluding hydrogens is 250 g/mol. The first-order chi connectivity index (χ1) is 9.79. The van der Waals surface area contributed by atoms with Gasteiger partial charge in [-0.25, -0.2) is 0 Å². The number of fused-ring (bicyclic) bond motifs is 1. The van der Waals surface area contributed by atoms with Crippen LogP contribution >= 0.6 is 0 Å². The Hall–Kier alpha value is -1.06. The fourth-order valence-electron chi connectivity index (χ4n) is 3.90. The summed E-state index contributed by atoms with van der Waals surface area (Å²) in [4.78, 5) is 0. The molecule has 0 amide bonds. The molecular formula is C17H25NO2. The Bertz CT molecular complexity index is 466. The van der Waals surface area contributed by atoms with Crippen molar-refractivity contribution in [3.63, 3.8) is 0 Å². The van der Waals surface area contributed by atoms with Crippen LogP contribution in [-0.2, 0) is 11.2 Å². The van der Waals surface area contributed by atoms with Crippen molar-refractivity contribution >= 4 is 0 Å². The molecule has 3 rings (SSSR count). The summed E-state index contributed by atoms with van der Waals surface area (Å²) in [6.45, 7) is 3.70. The molecule has 1 saturated carbocycles. The lowest BCUT2D eigenvalue weighted by atomic mass is 9.86. The summed E-state index contributed by atoms with van der Waals surface area (Å²) in [7, 11) is 2.05. The molecule has 2 aliphatic rings. The third kappa shape index (κ3) is 2.33. The topological polar surface area (TPSA) is 30.5 Å². The van der Waals surface area contributed by atoms with E-state index in [0.29, 0.717) is 0 Å². The van der Waals surface area contributed by atoms with Crippen LogP contribution in [0.4, 0.5) is 0 Å². The molecule has 1 aromatic carbocycles. The predicted molar refractivity (Wildman–Crippen MR) is 80.3 cm³/mol. The Kier molecular flexibility index (Phi) is 3.99. The molecule has 3 heteroatoms. The molecule has 3 nitrogen and oxygen atoms in total. The zero-order valence-electron chi connectivity index (χ0n) is 12.6. The fourth-order valence-corrected chi connectivity index (χ4v) is 3.90. The lowest BCUT2D eigenvalue weighted by Crippen LogP contribution is -2.43. The Morgan fingerprint density at radius 2 is 2.15 bits per heavy atom. The van der Waals surface area contributed by atoms with Crippen molar-refractivity contribution in [2.75, 3.05) is 20.3 Å². The van der Waals surface area contributed by atoms with E-state index < -0.39 is 0 Å². The molecule has 0 aromatic heterocycles. The largest absolute Gasteiger partial charge is 0.493 e. The highest BCUT2D eigenvalue weighted by molar-refractivity contribution is 5.41. The van der Waals surface area contributed by atoms with Gasteiger partial charge >= 0.3 is 0 Å². The number of hydrogen-bond donors (Lipinski definition) is 1. The van der Waals surface area contributed by atoms with E-state index >= 15 is 0 Å². The number of nitrogens with one attached hydrogen (secondary N) is 1. The van der Waals surface area contributed by atoms with Gasteiger partial charge < -0.3 is 14.8 Å². The van der Waals surface area contributed by atoms with E-state index in [-0.39, 0.29) is 11.6 Å². The Morgan fingerprint density at radius 3 is 2.85 bits per heavy atom. The molecule has 110 valence electrons. The van der Waals surface area contributed by atoms with Crippen molar-refractivity contribution in [2.45, 2.75) is 50.7 Å². The first-order valence-electron chi connectivity index (χ1n) is 7.86. The molecule has 1 atom stereocenters. The number of ether oxygens (including phenoxy) is 2. The second kappa shape index (κ2) is 5.74. The average molecular weight is 275 g/mol. The monoisotopic (exact) mass is 275 g/mol. The summed E-state index contributed by atoms with van der Waals surface area (Å²) in [5.74, 6) is 1.06. The van der Waals surface area contributed by atoms with E-state index in [1.165, 1.54) is 24.0 Å². The van der Waals surface area contributed by atoms with Crippen molar-refractivity contribution in [2.24, 2.45) is 0 Å². The van der Waals surface area contributed by atoms with E-state index in [0.717, 1.165) is 38.2 Å². The van der Waals surface area contributed by atoms with E-state index in [9.17, 15) is 0 Å². The van der Waals surface area contributed by atoms with E-state index in [4.69, 9.17) is 9.47 Å². The summed E-state index contributed by atoms with van der Waals surface area (Å²) >= 11 is 0. The Balaban J connectivity index is 1.92. The van der Waals surface area contributed by atoms with Crippen LogP contribution in [0.1, 0.15) is 49.8 Å². The van der Waals surface area contributed by atoms with Crippen LogP contribution in [0, 0.1) is 0 Å². The summed E-state index contributed by atoms with van der Waals surface area (Å²) in [5, 5.41) is 3.51. The van der Waals surface area contributed by atoms with Crippen LogP contribution in [0.15, 0.2) is 18.2 Å². The van der Waals surface area contributed by atoms with Gasteiger partial charge in [-0.1, -0.05) is 25.0 Å². The minimum atomic E-state index is -0.0306. The third-order valence-corrected chi connectivity index (χ3v) is 4.74. The average Bonchev–Trinajstić information content (AvgIpc) is 3.09. The van der Waals surface area contributed by atoms with Crippen LogP contribution in [0.2, 0.25) is 0 Å². The summed E-state index contributed by atoms with van der Waals surface area (Å²) < 4.78 is 11.8. The van der Waals surface area contributed by atoms with Gasteiger partial charge in [0.05, 0.1) is 18.2 Å². The minimum absolute atomic E-state index is 0.0306. The van der Waals surface area contributed by atoms with Crippen LogP contribution in [0.5, 0.6) is 5.75 Å². The van der Waals surface area contributed by atoms with Gasteiger partial charge in [0.2, 0.25) is 0 Å². The third-order valence-electron chi connectivity index (χ3n) is 4.74. The SMILES string of the molecule is CCOC1(C(NC)c2ccc3c(c2)CCO3)CCCC1. The van der Waals surface area contributed by atoms with Crippen LogP contribution in [0.3, 0.4) is 0 Å². The highest BCUT2D eigenvalue weighted by Gasteiger charge is 2.42. The number of likely N-dealkylation sites (N-methyl/N-ethyl adjacent to an activating group) is 1. The standard InChI is InChI=1S/C17H25NO2/c1-3-20-17(9-4-5-10-17)16(18-2)14-6-7-15-13(12-14)8-11-19-15/h6-7,12,16,18H,3-5,8-11H2,1-2H3. The van der Waals surface area contributed by atoms with E-state index in [1.807, 2.05) is 7.05 Å². The molecule has 1 aromatic rings. The highest BCUT2D eigenvalue weighted by atomic mass is 16.5. The summed E-state index contributed by atoms with van der Waals surface area (Å²) in [6.07, 6.45) is 5.87. The second-order valence-corrected chi connectivity index (χ2v) is 5.89. The highest BCUT2D eigenvalue weighted by Crippen LogP contribution is 2.43. The van der Waals surface area contributed by atoms with Crippen molar-refractivity contribution in [3.05, 3.63) is 29.3 Å². The molecule has 0 radical (unpaired) electrons. The van der Waals surface area contributed by atoms with Crippen molar-refractivity contribution in [3.8, 4) is 5.75 Å².